The maximum atomic E-state index is 10.7. The molecule has 1 heterocycles. The van der Waals surface area contributed by atoms with E-state index in [0.717, 1.165) is 17.3 Å². The number of rotatable bonds is 2. The summed E-state index contributed by atoms with van der Waals surface area (Å²) < 4.78 is 69.4. The molecule has 0 fully saturated rings. The third-order valence-electron chi connectivity index (χ3n) is 2.18. The van der Waals surface area contributed by atoms with Crippen molar-refractivity contribution in [1.82, 2.24) is 0 Å². The van der Waals surface area contributed by atoms with Crippen molar-refractivity contribution < 1.29 is 35.6 Å². The van der Waals surface area contributed by atoms with Crippen LogP contribution in [0.1, 0.15) is 5.56 Å². The second kappa shape index (κ2) is 6.75. The van der Waals surface area contributed by atoms with Crippen LogP contribution in [0, 0.1) is 0 Å². The molecule has 1 aliphatic rings. The van der Waals surface area contributed by atoms with Gasteiger partial charge in [0.25, 0.3) is 0 Å². The SMILES string of the molecule is C[S+](C)Cc1ccc2c(c1)OCO2.O=S(=O)([O-])C(F)(F)F. The Balaban J connectivity index is 0.000000240. The summed E-state index contributed by atoms with van der Waals surface area (Å²) >= 11 is 0. The summed E-state index contributed by atoms with van der Waals surface area (Å²) in [6, 6.07) is 6.18. The molecule has 0 radical (unpaired) electrons. The molecular formula is C11H13F3O5S2. The van der Waals surface area contributed by atoms with Gasteiger partial charge in [0.1, 0.15) is 5.75 Å². The summed E-state index contributed by atoms with van der Waals surface area (Å²) in [5.74, 6) is 2.88. The Hall–Kier alpha value is -1.13. The fraction of sp³-hybridized carbons (Fsp3) is 0.455. The first kappa shape index (κ1) is 17.9. The topological polar surface area (TPSA) is 75.7 Å². The third kappa shape index (κ3) is 5.64. The predicted molar refractivity (Wildman–Crippen MR) is 71.2 cm³/mol. The minimum atomic E-state index is -6.09. The zero-order valence-corrected chi connectivity index (χ0v) is 12.8. The highest BCUT2D eigenvalue weighted by atomic mass is 32.2. The van der Waals surface area contributed by atoms with E-state index in [9.17, 15) is 13.2 Å². The van der Waals surface area contributed by atoms with Gasteiger partial charge in [-0.05, 0) is 23.0 Å². The molecule has 21 heavy (non-hydrogen) atoms. The molecule has 120 valence electrons. The van der Waals surface area contributed by atoms with Crippen molar-refractivity contribution in [2.24, 2.45) is 0 Å². The molecule has 0 spiro atoms. The molecule has 0 aliphatic carbocycles. The largest absolute Gasteiger partial charge is 0.741 e. The van der Waals surface area contributed by atoms with E-state index in [-0.39, 0.29) is 0 Å². The molecule has 0 amide bonds. The Morgan fingerprint density at radius 1 is 1.24 bits per heavy atom. The lowest BCUT2D eigenvalue weighted by molar-refractivity contribution is -0.0517. The fourth-order valence-electron chi connectivity index (χ4n) is 1.36. The van der Waals surface area contributed by atoms with Crippen LogP contribution in [-0.4, -0.2) is 37.8 Å². The van der Waals surface area contributed by atoms with Crippen molar-refractivity contribution in [2.45, 2.75) is 11.3 Å². The Bertz CT molecular complexity index is 584. The van der Waals surface area contributed by atoms with Crippen LogP contribution in [0.3, 0.4) is 0 Å². The Morgan fingerprint density at radius 2 is 1.76 bits per heavy atom. The lowest BCUT2D eigenvalue weighted by atomic mass is 10.2. The maximum absolute atomic E-state index is 10.7. The van der Waals surface area contributed by atoms with E-state index in [4.69, 9.17) is 22.4 Å². The number of ether oxygens (including phenoxy) is 2. The average Bonchev–Trinajstić information content (AvgIpc) is 2.73. The number of benzene rings is 1. The summed E-state index contributed by atoms with van der Waals surface area (Å²) in [5.41, 5.74) is -4.31. The molecule has 0 atom stereocenters. The van der Waals surface area contributed by atoms with Gasteiger partial charge in [0.2, 0.25) is 6.79 Å². The minimum absolute atomic E-state index is 0.364. The van der Waals surface area contributed by atoms with Gasteiger partial charge in [-0.2, -0.15) is 13.2 Å². The average molecular weight is 346 g/mol. The van der Waals surface area contributed by atoms with Gasteiger partial charge in [-0.1, -0.05) is 6.07 Å². The first-order valence-corrected chi connectivity index (χ1v) is 9.07. The van der Waals surface area contributed by atoms with E-state index < -0.39 is 15.6 Å². The zero-order valence-electron chi connectivity index (χ0n) is 11.1. The van der Waals surface area contributed by atoms with Gasteiger partial charge in [-0.3, -0.25) is 0 Å². The van der Waals surface area contributed by atoms with Gasteiger partial charge in [-0.15, -0.1) is 0 Å². The molecule has 2 rings (SSSR count). The fourth-order valence-corrected chi connectivity index (χ4v) is 2.21. The van der Waals surface area contributed by atoms with Crippen LogP contribution in [0.25, 0.3) is 0 Å². The molecule has 0 aromatic heterocycles. The zero-order chi connectivity index (χ0) is 16.3. The molecule has 1 aromatic carbocycles. The van der Waals surface area contributed by atoms with E-state index in [2.05, 4.69) is 24.6 Å². The van der Waals surface area contributed by atoms with Crippen LogP contribution >= 0.6 is 0 Å². The molecule has 1 aliphatic heterocycles. The van der Waals surface area contributed by atoms with Gasteiger partial charge in [0.05, 0.1) is 12.5 Å². The van der Waals surface area contributed by atoms with Crippen molar-refractivity contribution in [3.05, 3.63) is 23.8 Å². The summed E-state index contributed by atoms with van der Waals surface area (Å²) in [6.07, 6.45) is 4.48. The molecule has 10 heteroatoms. The van der Waals surface area contributed by atoms with Gasteiger partial charge >= 0.3 is 5.51 Å². The number of alkyl halides is 3. The molecule has 0 saturated carbocycles. The van der Waals surface area contributed by atoms with Gasteiger partial charge < -0.3 is 14.0 Å². The quantitative estimate of drug-likeness (QED) is 0.464. The van der Waals surface area contributed by atoms with Crippen LogP contribution in [0.5, 0.6) is 11.5 Å². The summed E-state index contributed by atoms with van der Waals surface area (Å²) in [7, 11) is -5.65. The molecule has 1 aromatic rings. The molecule has 0 bridgehead atoms. The highest BCUT2D eigenvalue weighted by Crippen LogP contribution is 2.32. The van der Waals surface area contributed by atoms with E-state index in [1.807, 2.05) is 6.07 Å². The number of fused-ring (bicyclic) bond motifs is 1. The Morgan fingerprint density at radius 3 is 2.24 bits per heavy atom. The molecule has 5 nitrogen and oxygen atoms in total. The van der Waals surface area contributed by atoms with Crippen molar-refractivity contribution >= 4 is 21.0 Å². The molecule has 0 unspecified atom stereocenters. The maximum Gasteiger partial charge on any atom is 0.485 e. The Labute approximate surface area is 123 Å². The van der Waals surface area contributed by atoms with Crippen LogP contribution in [-0.2, 0) is 26.8 Å². The van der Waals surface area contributed by atoms with E-state index in [0.29, 0.717) is 17.7 Å². The minimum Gasteiger partial charge on any atom is -0.741 e. The van der Waals surface area contributed by atoms with Crippen molar-refractivity contribution in [3.8, 4) is 11.5 Å². The number of hydrogen-bond donors (Lipinski definition) is 0. The standard InChI is InChI=1S/C10H13O2S.CHF3O3S/c1-13(2)6-8-3-4-9-10(5-8)12-7-11-9;2-1(3,4)8(5,6)7/h3-5H,6-7H2,1-2H3;(H,5,6,7)/q+1;/p-1. The van der Waals surface area contributed by atoms with Crippen LogP contribution < -0.4 is 9.47 Å². The molecule has 0 saturated heterocycles. The van der Waals surface area contributed by atoms with Crippen molar-refractivity contribution in [1.29, 1.82) is 0 Å². The van der Waals surface area contributed by atoms with E-state index in [1.165, 1.54) is 5.56 Å². The molecule has 0 N–H and O–H groups in total. The summed E-state index contributed by atoms with van der Waals surface area (Å²) in [4.78, 5) is 0. The van der Waals surface area contributed by atoms with Crippen LogP contribution in [0.4, 0.5) is 13.2 Å². The van der Waals surface area contributed by atoms with Gasteiger partial charge in [0.15, 0.2) is 21.6 Å². The summed E-state index contributed by atoms with van der Waals surface area (Å²) in [5, 5.41) is 0. The number of hydrogen-bond acceptors (Lipinski definition) is 5. The normalized spacial score (nSPS) is 13.9. The molecular weight excluding hydrogens is 333 g/mol. The second-order valence-corrected chi connectivity index (χ2v) is 7.85. The second-order valence-electron chi connectivity index (χ2n) is 4.22. The highest BCUT2D eigenvalue weighted by molar-refractivity contribution is 7.94. The van der Waals surface area contributed by atoms with Crippen LogP contribution in [0.2, 0.25) is 0 Å². The third-order valence-corrected chi connectivity index (χ3v) is 3.65. The summed E-state index contributed by atoms with van der Waals surface area (Å²) in [6.45, 7) is 0.364. The highest BCUT2D eigenvalue weighted by Gasteiger charge is 2.36. The van der Waals surface area contributed by atoms with E-state index >= 15 is 0 Å². The van der Waals surface area contributed by atoms with Gasteiger partial charge in [-0.25, -0.2) is 8.42 Å². The van der Waals surface area contributed by atoms with E-state index in [1.54, 1.807) is 0 Å². The lowest BCUT2D eigenvalue weighted by Crippen LogP contribution is -2.21. The predicted octanol–water partition coefficient (Wildman–Crippen LogP) is 1.84. The van der Waals surface area contributed by atoms with Gasteiger partial charge in [0, 0.05) is 5.56 Å². The number of halogens is 3. The monoisotopic (exact) mass is 346 g/mol. The lowest BCUT2D eigenvalue weighted by Gasteiger charge is -2.08. The van der Waals surface area contributed by atoms with Crippen molar-refractivity contribution in [2.75, 3.05) is 19.3 Å². The first-order valence-electron chi connectivity index (χ1n) is 5.45. The van der Waals surface area contributed by atoms with Crippen LogP contribution in [0.15, 0.2) is 18.2 Å². The Kier molecular flexibility index (Phi) is 5.76. The first-order chi connectivity index (χ1) is 9.50. The smallest absolute Gasteiger partial charge is 0.485 e. The van der Waals surface area contributed by atoms with Crippen molar-refractivity contribution in [3.63, 3.8) is 0 Å².